The second kappa shape index (κ2) is 3.50. The van der Waals surface area contributed by atoms with Gasteiger partial charge in [-0.05, 0) is 11.8 Å². The molecule has 0 radical (unpaired) electrons. The van der Waals surface area contributed by atoms with E-state index in [-0.39, 0.29) is 0 Å². The van der Waals surface area contributed by atoms with Crippen LogP contribution in [-0.4, -0.2) is 5.25 Å². The third kappa shape index (κ3) is 3.85. The normalized spacial score (nSPS) is 15.7. The minimum atomic E-state index is 0.374. The first-order valence-corrected chi connectivity index (χ1v) is 4.18. The van der Waals surface area contributed by atoms with Gasteiger partial charge in [-0.15, -0.1) is 0 Å². The van der Waals surface area contributed by atoms with Crippen LogP contribution in [0.25, 0.3) is 0 Å². The molecule has 0 aromatic heterocycles. The first-order chi connectivity index (χ1) is 3.98. The van der Waals surface area contributed by atoms with Crippen molar-refractivity contribution in [1.82, 2.24) is 0 Å². The van der Waals surface area contributed by atoms with Gasteiger partial charge in [0.25, 0.3) is 0 Å². The molecule has 0 spiro atoms. The van der Waals surface area contributed by atoms with Gasteiger partial charge in [0.05, 0.1) is 0 Å². The molecule has 0 amide bonds. The van der Waals surface area contributed by atoms with E-state index >= 15 is 0 Å². The van der Waals surface area contributed by atoms with E-state index in [4.69, 9.17) is 0 Å². The van der Waals surface area contributed by atoms with E-state index in [2.05, 4.69) is 40.3 Å². The molecule has 0 aliphatic carbocycles. The summed E-state index contributed by atoms with van der Waals surface area (Å²) >= 11 is 4.49. The third-order valence-corrected chi connectivity index (χ3v) is 2.59. The Bertz CT molecular complexity index is 71.1. The van der Waals surface area contributed by atoms with Crippen LogP contribution < -0.4 is 0 Å². The van der Waals surface area contributed by atoms with Crippen molar-refractivity contribution in [2.24, 2.45) is 5.41 Å². The Labute approximate surface area is 64.4 Å². The zero-order valence-electron chi connectivity index (χ0n) is 6.94. The van der Waals surface area contributed by atoms with Gasteiger partial charge in [0, 0.05) is 5.25 Å². The summed E-state index contributed by atoms with van der Waals surface area (Å²) in [7, 11) is 0. The molecule has 0 bridgehead atoms. The minimum Gasteiger partial charge on any atom is -0.175 e. The Hall–Kier alpha value is 0.350. The van der Waals surface area contributed by atoms with Crippen molar-refractivity contribution >= 4 is 12.6 Å². The van der Waals surface area contributed by atoms with E-state index in [0.717, 1.165) is 0 Å². The van der Waals surface area contributed by atoms with Crippen LogP contribution in [0.4, 0.5) is 0 Å². The largest absolute Gasteiger partial charge is 0.175 e. The van der Waals surface area contributed by atoms with Crippen LogP contribution in [0.2, 0.25) is 0 Å². The predicted molar refractivity (Wildman–Crippen MR) is 47.1 cm³/mol. The second-order valence-corrected chi connectivity index (χ2v) is 4.29. The van der Waals surface area contributed by atoms with Crippen molar-refractivity contribution in [3.05, 3.63) is 0 Å². The van der Waals surface area contributed by atoms with Crippen molar-refractivity contribution in [3.8, 4) is 0 Å². The molecule has 0 aliphatic rings. The van der Waals surface area contributed by atoms with Gasteiger partial charge in [0.2, 0.25) is 0 Å². The first-order valence-electron chi connectivity index (χ1n) is 3.66. The summed E-state index contributed by atoms with van der Waals surface area (Å²) in [5, 5.41) is 0.558. The van der Waals surface area contributed by atoms with Crippen molar-refractivity contribution < 1.29 is 0 Å². The molecular weight excluding hydrogens is 128 g/mol. The summed E-state index contributed by atoms with van der Waals surface area (Å²) in [5.41, 5.74) is 0.374. The molecule has 0 aromatic carbocycles. The van der Waals surface area contributed by atoms with Crippen molar-refractivity contribution in [1.29, 1.82) is 0 Å². The van der Waals surface area contributed by atoms with Gasteiger partial charge in [-0.2, -0.15) is 12.6 Å². The van der Waals surface area contributed by atoms with E-state index < -0.39 is 0 Å². The van der Waals surface area contributed by atoms with Crippen LogP contribution in [-0.2, 0) is 0 Å². The molecule has 56 valence electrons. The number of hydrogen-bond acceptors (Lipinski definition) is 1. The van der Waals surface area contributed by atoms with Crippen molar-refractivity contribution in [2.75, 3.05) is 0 Å². The molecule has 0 heterocycles. The quantitative estimate of drug-likeness (QED) is 0.568. The standard InChI is InChI=1S/C8H18S/c1-5-6-7(9)8(2,3)4/h7,9H,5-6H2,1-4H3. The molecule has 0 aromatic rings. The summed E-state index contributed by atoms with van der Waals surface area (Å²) in [6.07, 6.45) is 2.47. The fourth-order valence-corrected chi connectivity index (χ4v) is 0.965. The summed E-state index contributed by atoms with van der Waals surface area (Å²) in [5.74, 6) is 0. The van der Waals surface area contributed by atoms with E-state index in [1.54, 1.807) is 0 Å². The summed E-state index contributed by atoms with van der Waals surface area (Å²) in [6, 6.07) is 0. The van der Waals surface area contributed by atoms with Crippen LogP contribution in [0.15, 0.2) is 0 Å². The van der Waals surface area contributed by atoms with Crippen molar-refractivity contribution in [2.45, 2.75) is 45.8 Å². The third-order valence-electron chi connectivity index (χ3n) is 1.56. The van der Waals surface area contributed by atoms with E-state index in [0.29, 0.717) is 10.7 Å². The van der Waals surface area contributed by atoms with E-state index in [9.17, 15) is 0 Å². The highest BCUT2D eigenvalue weighted by Crippen LogP contribution is 2.27. The molecule has 1 atom stereocenters. The molecule has 0 saturated heterocycles. The molecule has 1 unspecified atom stereocenters. The smallest absolute Gasteiger partial charge is 0.00652 e. The summed E-state index contributed by atoms with van der Waals surface area (Å²) in [6.45, 7) is 8.91. The van der Waals surface area contributed by atoms with Gasteiger partial charge in [0.15, 0.2) is 0 Å². The van der Waals surface area contributed by atoms with Crippen molar-refractivity contribution in [3.63, 3.8) is 0 Å². The number of hydrogen-bond donors (Lipinski definition) is 1. The van der Waals surface area contributed by atoms with Gasteiger partial charge in [-0.25, -0.2) is 0 Å². The van der Waals surface area contributed by atoms with Gasteiger partial charge in [-0.1, -0.05) is 34.1 Å². The van der Waals surface area contributed by atoms with Gasteiger partial charge < -0.3 is 0 Å². The Morgan fingerprint density at radius 1 is 1.33 bits per heavy atom. The minimum absolute atomic E-state index is 0.374. The lowest BCUT2D eigenvalue weighted by Gasteiger charge is -2.25. The van der Waals surface area contributed by atoms with Gasteiger partial charge in [0.1, 0.15) is 0 Å². The van der Waals surface area contributed by atoms with E-state index in [1.807, 2.05) is 0 Å². The Morgan fingerprint density at radius 2 is 1.78 bits per heavy atom. The van der Waals surface area contributed by atoms with Crippen LogP contribution >= 0.6 is 12.6 Å². The van der Waals surface area contributed by atoms with Gasteiger partial charge >= 0.3 is 0 Å². The van der Waals surface area contributed by atoms with E-state index in [1.165, 1.54) is 12.8 Å². The molecular formula is C8H18S. The van der Waals surface area contributed by atoms with Crippen LogP contribution in [0.5, 0.6) is 0 Å². The molecule has 0 nitrogen and oxygen atoms in total. The highest BCUT2D eigenvalue weighted by atomic mass is 32.1. The fourth-order valence-electron chi connectivity index (χ4n) is 0.706. The van der Waals surface area contributed by atoms with Crippen LogP contribution in [0.3, 0.4) is 0 Å². The maximum Gasteiger partial charge on any atom is 0.00652 e. The van der Waals surface area contributed by atoms with Crippen LogP contribution in [0.1, 0.15) is 40.5 Å². The Morgan fingerprint density at radius 3 is 1.89 bits per heavy atom. The highest BCUT2D eigenvalue weighted by molar-refractivity contribution is 7.81. The zero-order chi connectivity index (χ0) is 7.49. The highest BCUT2D eigenvalue weighted by Gasteiger charge is 2.19. The molecule has 9 heavy (non-hydrogen) atoms. The monoisotopic (exact) mass is 146 g/mol. The second-order valence-electron chi connectivity index (χ2n) is 3.67. The Kier molecular flexibility index (Phi) is 3.64. The summed E-state index contributed by atoms with van der Waals surface area (Å²) < 4.78 is 0. The summed E-state index contributed by atoms with van der Waals surface area (Å²) in [4.78, 5) is 0. The first kappa shape index (κ1) is 9.35. The maximum absolute atomic E-state index is 4.49. The molecule has 0 fully saturated rings. The molecule has 0 rings (SSSR count). The SMILES string of the molecule is CCCC(S)C(C)(C)C. The lowest BCUT2D eigenvalue weighted by molar-refractivity contribution is 0.380. The average Bonchev–Trinajstić information content (AvgIpc) is 1.64. The fraction of sp³-hybridized carbons (Fsp3) is 1.00. The lowest BCUT2D eigenvalue weighted by atomic mass is 9.89. The number of rotatable bonds is 2. The topological polar surface area (TPSA) is 0 Å². The van der Waals surface area contributed by atoms with Crippen LogP contribution in [0, 0.1) is 5.41 Å². The predicted octanol–water partition coefficient (Wildman–Crippen LogP) is 3.13. The Balaban J connectivity index is 3.59. The molecule has 0 N–H and O–H groups in total. The number of thiol groups is 1. The van der Waals surface area contributed by atoms with Gasteiger partial charge in [-0.3, -0.25) is 0 Å². The molecule has 0 aliphatic heterocycles. The maximum atomic E-state index is 4.49. The zero-order valence-corrected chi connectivity index (χ0v) is 7.83. The molecule has 1 heteroatoms. The average molecular weight is 146 g/mol. The molecule has 0 saturated carbocycles. The lowest BCUT2D eigenvalue weighted by Crippen LogP contribution is -2.20.